The number of hydrogen-bond donors (Lipinski definition) is 0. The summed E-state index contributed by atoms with van der Waals surface area (Å²) < 4.78 is 2.92. The summed E-state index contributed by atoms with van der Waals surface area (Å²) in [6.07, 6.45) is 13.0. The summed E-state index contributed by atoms with van der Waals surface area (Å²) >= 11 is 0. The topological polar surface area (TPSA) is 0 Å². The predicted octanol–water partition coefficient (Wildman–Crippen LogP) is 7.52. The van der Waals surface area contributed by atoms with Gasteiger partial charge in [0.15, 0.2) is 0 Å². The fraction of sp³-hybridized carbons (Fsp3) is 1.00. The molecule has 4 aliphatic rings. The van der Waals surface area contributed by atoms with Crippen molar-refractivity contribution >= 4 is 0 Å². The molecule has 0 aromatic rings. The molecule has 2 nitrogen and oxygen atoms in total. The third-order valence-electron chi connectivity index (χ3n) is 13.5. The Morgan fingerprint density at radius 1 is 0.485 bits per heavy atom. The van der Waals surface area contributed by atoms with Gasteiger partial charge in [0.1, 0.15) is 0 Å². The van der Waals surface area contributed by atoms with E-state index in [1.165, 1.54) is 113 Å². The Morgan fingerprint density at radius 3 is 0.939 bits per heavy atom. The van der Waals surface area contributed by atoms with Gasteiger partial charge in [0.2, 0.25) is 0 Å². The Balaban J connectivity index is 1.29. The van der Waals surface area contributed by atoms with Gasteiger partial charge < -0.3 is 8.97 Å². The lowest BCUT2D eigenvalue weighted by molar-refractivity contribution is -0.928. The maximum Gasteiger partial charge on any atom is 0.0848 e. The average Bonchev–Trinajstić information content (AvgIpc) is 3.17. The van der Waals surface area contributed by atoms with E-state index in [0.717, 1.165) is 11.8 Å². The van der Waals surface area contributed by atoms with E-state index in [-0.39, 0.29) is 0 Å². The summed E-state index contributed by atoms with van der Waals surface area (Å²) in [5, 5.41) is 0. The SMILES string of the molecule is CCC1(C)C[N+]2(CCC(CC3CC[N+]4(CC3)CC(C)(CC)C(C)(CC)C4)CC2)CC1(C)CC. The number of piperidine rings is 2. The normalized spacial score (nSPS) is 52.7. The zero-order valence-corrected chi connectivity index (χ0v) is 24.1. The van der Waals surface area contributed by atoms with Crippen LogP contribution in [-0.4, -0.2) is 61.3 Å². The Kier molecular flexibility index (Phi) is 6.92. The van der Waals surface area contributed by atoms with Gasteiger partial charge in [-0.1, -0.05) is 55.4 Å². The van der Waals surface area contributed by atoms with Crippen LogP contribution in [0.3, 0.4) is 0 Å². The van der Waals surface area contributed by atoms with Crippen LogP contribution in [0.2, 0.25) is 0 Å². The molecular formula is C31H60N2+2. The van der Waals surface area contributed by atoms with Crippen molar-refractivity contribution in [1.82, 2.24) is 0 Å². The molecule has 2 heteroatoms. The largest absolute Gasteiger partial charge is 0.323 e. The van der Waals surface area contributed by atoms with Crippen LogP contribution in [0.1, 0.15) is 113 Å². The number of rotatable bonds is 6. The quantitative estimate of drug-likeness (QED) is 0.359. The summed E-state index contributed by atoms with van der Waals surface area (Å²) in [4.78, 5) is 0. The first kappa shape index (κ1) is 26.0. The van der Waals surface area contributed by atoms with Crippen LogP contribution >= 0.6 is 0 Å². The molecule has 0 bridgehead atoms. The lowest BCUT2D eigenvalue weighted by Crippen LogP contribution is -2.54. The molecule has 4 fully saturated rings. The van der Waals surface area contributed by atoms with Crippen molar-refractivity contribution in [2.45, 2.75) is 113 Å². The molecule has 0 aromatic heterocycles. The molecule has 192 valence electrons. The van der Waals surface area contributed by atoms with Crippen molar-refractivity contribution < 1.29 is 8.97 Å². The van der Waals surface area contributed by atoms with Crippen LogP contribution in [0, 0.1) is 33.5 Å². The number of quaternary nitrogens is 2. The molecule has 4 saturated heterocycles. The molecule has 4 unspecified atom stereocenters. The van der Waals surface area contributed by atoms with Gasteiger partial charge in [-0.25, -0.2) is 0 Å². The second-order valence-electron chi connectivity index (χ2n) is 15.0. The first-order valence-corrected chi connectivity index (χ1v) is 15.1. The van der Waals surface area contributed by atoms with Crippen LogP contribution in [-0.2, 0) is 0 Å². The molecule has 4 aliphatic heterocycles. The summed E-state index contributed by atoms with van der Waals surface area (Å²) in [7, 11) is 0. The Labute approximate surface area is 208 Å². The molecule has 0 saturated carbocycles. The van der Waals surface area contributed by atoms with Crippen LogP contribution in [0.5, 0.6) is 0 Å². The van der Waals surface area contributed by atoms with E-state index in [4.69, 9.17) is 0 Å². The van der Waals surface area contributed by atoms with E-state index in [9.17, 15) is 0 Å². The van der Waals surface area contributed by atoms with E-state index in [0.29, 0.717) is 21.7 Å². The molecule has 0 amide bonds. The first-order chi connectivity index (χ1) is 15.4. The lowest BCUT2D eigenvalue weighted by Gasteiger charge is -2.45. The lowest BCUT2D eigenvalue weighted by atomic mass is 9.65. The van der Waals surface area contributed by atoms with E-state index in [2.05, 4.69) is 55.4 Å². The predicted molar refractivity (Wildman–Crippen MR) is 143 cm³/mol. The van der Waals surface area contributed by atoms with Gasteiger partial charge >= 0.3 is 0 Å². The van der Waals surface area contributed by atoms with Crippen LogP contribution in [0.25, 0.3) is 0 Å². The summed E-state index contributed by atoms with van der Waals surface area (Å²) in [6, 6.07) is 0. The van der Waals surface area contributed by atoms with Crippen molar-refractivity contribution in [3.05, 3.63) is 0 Å². The minimum absolute atomic E-state index is 0.547. The highest BCUT2D eigenvalue weighted by Gasteiger charge is 2.60. The van der Waals surface area contributed by atoms with Crippen LogP contribution in [0.15, 0.2) is 0 Å². The van der Waals surface area contributed by atoms with Crippen LogP contribution in [0.4, 0.5) is 0 Å². The Bertz CT molecular complexity index is 587. The maximum atomic E-state index is 2.61. The summed E-state index contributed by atoms with van der Waals surface area (Å²) in [5.41, 5.74) is 2.19. The van der Waals surface area contributed by atoms with E-state index >= 15 is 0 Å². The highest BCUT2D eigenvalue weighted by molar-refractivity contribution is 4.98. The van der Waals surface area contributed by atoms with Crippen LogP contribution < -0.4 is 0 Å². The van der Waals surface area contributed by atoms with Gasteiger partial charge in [-0.2, -0.15) is 0 Å². The average molecular weight is 461 g/mol. The zero-order valence-electron chi connectivity index (χ0n) is 24.1. The van der Waals surface area contributed by atoms with Crippen molar-refractivity contribution in [3.63, 3.8) is 0 Å². The van der Waals surface area contributed by atoms with Gasteiger partial charge in [-0.05, 0) is 69.6 Å². The van der Waals surface area contributed by atoms with Gasteiger partial charge in [-0.3, -0.25) is 0 Å². The van der Waals surface area contributed by atoms with E-state index in [1.54, 1.807) is 6.42 Å². The summed E-state index contributed by atoms with van der Waals surface area (Å²) in [5.74, 6) is 2.04. The molecule has 0 aliphatic carbocycles. The highest BCUT2D eigenvalue weighted by Crippen LogP contribution is 2.56. The molecule has 33 heavy (non-hydrogen) atoms. The molecule has 2 spiro atoms. The Morgan fingerprint density at radius 2 is 0.727 bits per heavy atom. The fourth-order valence-corrected chi connectivity index (χ4v) is 9.90. The van der Waals surface area contributed by atoms with Crippen molar-refractivity contribution in [1.29, 1.82) is 0 Å². The fourth-order valence-electron chi connectivity index (χ4n) is 9.90. The second-order valence-corrected chi connectivity index (χ2v) is 15.0. The van der Waals surface area contributed by atoms with Gasteiger partial charge in [-0.15, -0.1) is 0 Å². The van der Waals surface area contributed by atoms with Crippen molar-refractivity contribution in [2.75, 3.05) is 52.4 Å². The van der Waals surface area contributed by atoms with Gasteiger partial charge in [0, 0.05) is 21.7 Å². The molecule has 4 rings (SSSR count). The van der Waals surface area contributed by atoms with E-state index < -0.39 is 0 Å². The molecule has 4 atom stereocenters. The molecule has 0 N–H and O–H groups in total. The Hall–Kier alpha value is -0.0800. The molecule has 0 radical (unpaired) electrons. The third kappa shape index (κ3) is 4.26. The number of hydrogen-bond acceptors (Lipinski definition) is 0. The number of nitrogens with zero attached hydrogens (tertiary/aromatic N) is 2. The maximum absolute atomic E-state index is 2.61. The van der Waals surface area contributed by atoms with Gasteiger partial charge in [0.25, 0.3) is 0 Å². The first-order valence-electron chi connectivity index (χ1n) is 15.1. The van der Waals surface area contributed by atoms with Gasteiger partial charge in [0.05, 0.1) is 52.4 Å². The molecular weight excluding hydrogens is 400 g/mol. The third-order valence-corrected chi connectivity index (χ3v) is 13.5. The minimum atomic E-state index is 0.547. The van der Waals surface area contributed by atoms with Crippen molar-refractivity contribution in [2.24, 2.45) is 33.5 Å². The molecule has 0 aromatic carbocycles. The van der Waals surface area contributed by atoms with E-state index in [1.807, 2.05) is 0 Å². The zero-order chi connectivity index (χ0) is 24.2. The highest BCUT2D eigenvalue weighted by atomic mass is 15.4. The minimum Gasteiger partial charge on any atom is -0.323 e. The summed E-state index contributed by atoms with van der Waals surface area (Å²) in [6.45, 7) is 32.0. The molecule has 4 heterocycles. The standard InChI is InChI=1S/C31H60N2/c1-9-28(5)22-32(23-29(28,6)10-2)17-13-26(14-18-32)21-27-15-19-33(20-16-27)24-30(7,11-3)31(8,12-4)25-33/h26-27H,9-25H2,1-8H3/q+2. The monoisotopic (exact) mass is 460 g/mol. The smallest absolute Gasteiger partial charge is 0.0848 e. The second kappa shape index (κ2) is 8.79. The van der Waals surface area contributed by atoms with Crippen molar-refractivity contribution in [3.8, 4) is 0 Å².